The van der Waals surface area contributed by atoms with Crippen LogP contribution in [0, 0.1) is 23.2 Å². The lowest BCUT2D eigenvalue weighted by Crippen LogP contribution is -2.51. The maximum atomic E-state index is 11.8. The summed E-state index contributed by atoms with van der Waals surface area (Å²) in [5.74, 6) is 0.829. The molecule has 0 unspecified atom stereocenters. The Morgan fingerprint density at radius 1 is 1.47 bits per heavy atom. The van der Waals surface area contributed by atoms with Crippen LogP contribution in [0.2, 0.25) is 0 Å². The van der Waals surface area contributed by atoms with Gasteiger partial charge in [-0.3, -0.25) is 9.59 Å². The van der Waals surface area contributed by atoms with Gasteiger partial charge < -0.3 is 4.74 Å². The minimum atomic E-state index is -0.271. The predicted molar refractivity (Wildman–Crippen MR) is 55.1 cm³/mol. The van der Waals surface area contributed by atoms with Crippen molar-refractivity contribution in [2.45, 2.75) is 33.1 Å². The molecule has 0 heterocycles. The third-order valence-electron chi connectivity index (χ3n) is 4.29. The van der Waals surface area contributed by atoms with E-state index in [9.17, 15) is 9.59 Å². The highest BCUT2D eigenvalue weighted by Gasteiger charge is 2.54. The molecule has 3 aliphatic rings. The summed E-state index contributed by atoms with van der Waals surface area (Å²) in [5, 5.41) is 0. The zero-order valence-corrected chi connectivity index (χ0v) is 9.58. The maximum Gasteiger partial charge on any atom is 0.308 e. The number of hydrogen-bond acceptors (Lipinski definition) is 3. The van der Waals surface area contributed by atoms with Crippen molar-refractivity contribution in [2.75, 3.05) is 7.11 Å². The number of ketones is 1. The molecule has 0 spiro atoms. The van der Waals surface area contributed by atoms with Gasteiger partial charge in [0, 0.05) is 11.8 Å². The molecule has 84 valence electrons. The minimum Gasteiger partial charge on any atom is -0.469 e. The molecule has 3 nitrogen and oxygen atoms in total. The first kappa shape index (κ1) is 10.7. The van der Waals surface area contributed by atoms with Crippen LogP contribution in [0.15, 0.2) is 0 Å². The summed E-state index contributed by atoms with van der Waals surface area (Å²) in [6.45, 7) is 4.14. The Morgan fingerprint density at radius 2 is 2.13 bits per heavy atom. The number of fused-ring (bicyclic) bond motifs is 3. The zero-order valence-electron chi connectivity index (χ0n) is 9.58. The fourth-order valence-corrected chi connectivity index (χ4v) is 3.42. The summed E-state index contributed by atoms with van der Waals surface area (Å²) in [5.41, 5.74) is -0.271. The summed E-state index contributed by atoms with van der Waals surface area (Å²) < 4.78 is 4.82. The third kappa shape index (κ3) is 1.48. The van der Waals surface area contributed by atoms with E-state index in [1.165, 1.54) is 7.11 Å². The summed E-state index contributed by atoms with van der Waals surface area (Å²) in [4.78, 5) is 23.4. The van der Waals surface area contributed by atoms with Gasteiger partial charge in [0.1, 0.15) is 5.78 Å². The minimum absolute atomic E-state index is 0.0542. The monoisotopic (exact) mass is 210 g/mol. The van der Waals surface area contributed by atoms with Crippen molar-refractivity contribution in [3.63, 3.8) is 0 Å². The van der Waals surface area contributed by atoms with Crippen LogP contribution in [0.3, 0.4) is 0 Å². The molecule has 3 rings (SSSR count). The lowest BCUT2D eigenvalue weighted by Gasteiger charge is -2.50. The van der Waals surface area contributed by atoms with Gasteiger partial charge in [-0.25, -0.2) is 0 Å². The van der Waals surface area contributed by atoms with Gasteiger partial charge in [0.15, 0.2) is 0 Å². The van der Waals surface area contributed by atoms with E-state index in [0.29, 0.717) is 24.5 Å². The van der Waals surface area contributed by atoms with Crippen molar-refractivity contribution in [1.29, 1.82) is 0 Å². The van der Waals surface area contributed by atoms with Crippen LogP contribution in [0.4, 0.5) is 0 Å². The van der Waals surface area contributed by atoms with Crippen molar-refractivity contribution >= 4 is 11.8 Å². The standard InChI is InChI=1S/C12H18O3/c1-7-5-12(2)6-9(11(14)15-3)8(7)4-10(12)13/h7-9H,4-6H2,1-3H3/t7-,8-,9-,12+/m1/s1. The fourth-order valence-electron chi connectivity index (χ4n) is 3.42. The smallest absolute Gasteiger partial charge is 0.308 e. The SMILES string of the molecule is COC(=O)[C@@H]1C[C@]2(C)C[C@@H](C)[C@H]1CC2=O. The van der Waals surface area contributed by atoms with Crippen LogP contribution >= 0.6 is 0 Å². The van der Waals surface area contributed by atoms with Gasteiger partial charge in [-0.15, -0.1) is 0 Å². The van der Waals surface area contributed by atoms with Crippen LogP contribution in [-0.2, 0) is 14.3 Å². The first-order valence-corrected chi connectivity index (χ1v) is 5.59. The molecular formula is C12H18O3. The highest BCUT2D eigenvalue weighted by Crippen LogP contribution is 2.53. The van der Waals surface area contributed by atoms with E-state index in [4.69, 9.17) is 4.74 Å². The molecule has 0 N–H and O–H groups in total. The lowest BCUT2D eigenvalue weighted by atomic mass is 9.53. The number of carbonyl (C=O) groups excluding carboxylic acids is 2. The van der Waals surface area contributed by atoms with Crippen molar-refractivity contribution in [3.8, 4) is 0 Å². The molecule has 3 saturated carbocycles. The normalized spacial score (nSPS) is 44.2. The Labute approximate surface area is 90.2 Å². The molecule has 15 heavy (non-hydrogen) atoms. The number of methoxy groups -OCH3 is 1. The number of esters is 1. The second-order valence-electron chi connectivity index (χ2n) is 5.37. The van der Waals surface area contributed by atoms with Crippen LogP contribution < -0.4 is 0 Å². The van der Waals surface area contributed by atoms with Gasteiger partial charge in [-0.05, 0) is 24.7 Å². The predicted octanol–water partition coefficient (Wildman–Crippen LogP) is 1.80. The number of ether oxygens (including phenoxy) is 1. The van der Waals surface area contributed by atoms with E-state index in [-0.39, 0.29) is 23.2 Å². The lowest BCUT2D eigenvalue weighted by molar-refractivity contribution is -0.161. The fraction of sp³-hybridized carbons (Fsp3) is 0.833. The number of rotatable bonds is 1. The summed E-state index contributed by atoms with van der Waals surface area (Å²) in [7, 11) is 1.43. The van der Waals surface area contributed by atoms with E-state index < -0.39 is 0 Å². The van der Waals surface area contributed by atoms with Gasteiger partial charge in [0.25, 0.3) is 0 Å². The maximum absolute atomic E-state index is 11.8. The summed E-state index contributed by atoms with van der Waals surface area (Å²) in [6.07, 6.45) is 2.19. The second-order valence-corrected chi connectivity index (χ2v) is 5.37. The first-order chi connectivity index (χ1) is 6.98. The van der Waals surface area contributed by atoms with Crippen molar-refractivity contribution in [1.82, 2.24) is 0 Å². The van der Waals surface area contributed by atoms with Crippen LogP contribution in [0.5, 0.6) is 0 Å². The molecule has 0 saturated heterocycles. The van der Waals surface area contributed by atoms with Crippen LogP contribution in [0.25, 0.3) is 0 Å². The zero-order chi connectivity index (χ0) is 11.2. The highest BCUT2D eigenvalue weighted by atomic mass is 16.5. The molecule has 0 aromatic rings. The molecular weight excluding hydrogens is 192 g/mol. The number of carbonyl (C=O) groups is 2. The van der Waals surface area contributed by atoms with E-state index in [0.717, 1.165) is 6.42 Å². The van der Waals surface area contributed by atoms with Gasteiger partial charge >= 0.3 is 5.97 Å². The quantitative estimate of drug-likeness (QED) is 0.620. The molecule has 0 radical (unpaired) electrons. The number of Topliss-reactive ketones (excluding diaryl/α,β-unsaturated/α-hetero) is 1. The number of hydrogen-bond donors (Lipinski definition) is 0. The Bertz CT molecular complexity index is 310. The van der Waals surface area contributed by atoms with E-state index in [1.807, 2.05) is 6.92 Å². The Kier molecular flexibility index (Phi) is 2.36. The van der Waals surface area contributed by atoms with Crippen LogP contribution in [-0.4, -0.2) is 18.9 Å². The summed E-state index contributed by atoms with van der Waals surface area (Å²) >= 11 is 0. The molecule has 0 aliphatic heterocycles. The van der Waals surface area contributed by atoms with E-state index in [1.54, 1.807) is 0 Å². The van der Waals surface area contributed by atoms with Gasteiger partial charge in [0.2, 0.25) is 0 Å². The average molecular weight is 210 g/mol. The van der Waals surface area contributed by atoms with Gasteiger partial charge in [0.05, 0.1) is 13.0 Å². The molecule has 0 aromatic heterocycles. The average Bonchev–Trinajstić information content (AvgIpc) is 2.18. The molecule has 3 aliphatic carbocycles. The summed E-state index contributed by atoms with van der Waals surface area (Å²) in [6, 6.07) is 0. The molecule has 2 bridgehead atoms. The molecule has 4 atom stereocenters. The van der Waals surface area contributed by atoms with Crippen molar-refractivity contribution < 1.29 is 14.3 Å². The van der Waals surface area contributed by atoms with Gasteiger partial charge in [-0.2, -0.15) is 0 Å². The van der Waals surface area contributed by atoms with E-state index >= 15 is 0 Å². The third-order valence-corrected chi connectivity index (χ3v) is 4.29. The second kappa shape index (κ2) is 3.32. The topological polar surface area (TPSA) is 43.4 Å². The van der Waals surface area contributed by atoms with Gasteiger partial charge in [-0.1, -0.05) is 13.8 Å². The Morgan fingerprint density at radius 3 is 2.67 bits per heavy atom. The largest absolute Gasteiger partial charge is 0.469 e. The van der Waals surface area contributed by atoms with Crippen LogP contribution in [0.1, 0.15) is 33.1 Å². The van der Waals surface area contributed by atoms with Crippen molar-refractivity contribution in [2.24, 2.45) is 23.2 Å². The first-order valence-electron chi connectivity index (χ1n) is 5.59. The Hall–Kier alpha value is -0.860. The highest BCUT2D eigenvalue weighted by molar-refractivity contribution is 5.89. The Balaban J connectivity index is 2.26. The van der Waals surface area contributed by atoms with E-state index in [2.05, 4.69) is 6.92 Å². The molecule has 3 heteroatoms. The molecule has 3 fully saturated rings. The molecule has 0 amide bonds. The van der Waals surface area contributed by atoms with Crippen molar-refractivity contribution in [3.05, 3.63) is 0 Å². The molecule has 0 aromatic carbocycles.